The van der Waals surface area contributed by atoms with Crippen molar-refractivity contribution in [2.75, 3.05) is 0 Å². The molecule has 0 fully saturated rings. The molecule has 15 heavy (non-hydrogen) atoms. The Kier molecular flexibility index (Phi) is 5.72. The average molecular weight is 243 g/mol. The van der Waals surface area contributed by atoms with E-state index in [9.17, 15) is 0 Å². The van der Waals surface area contributed by atoms with E-state index in [-0.39, 0.29) is 6.04 Å². The number of hydrogen-bond donors (Lipinski definition) is 1. The first-order valence-electron chi connectivity index (χ1n) is 5.63. The third kappa shape index (κ3) is 3.82. The quantitative estimate of drug-likeness (QED) is 0.815. The third-order valence-corrected chi connectivity index (χ3v) is 5.44. The van der Waals surface area contributed by atoms with Gasteiger partial charge in [-0.15, -0.1) is 23.1 Å². The van der Waals surface area contributed by atoms with Crippen LogP contribution in [-0.4, -0.2) is 11.3 Å². The van der Waals surface area contributed by atoms with Crippen LogP contribution in [0.4, 0.5) is 0 Å². The van der Waals surface area contributed by atoms with Gasteiger partial charge in [0.1, 0.15) is 0 Å². The molecule has 1 rings (SSSR count). The van der Waals surface area contributed by atoms with Gasteiger partial charge in [-0.05, 0) is 24.3 Å². The van der Waals surface area contributed by atoms with Crippen molar-refractivity contribution in [1.82, 2.24) is 0 Å². The van der Waals surface area contributed by atoms with E-state index in [0.717, 1.165) is 6.42 Å². The zero-order valence-electron chi connectivity index (χ0n) is 9.77. The van der Waals surface area contributed by atoms with Crippen molar-refractivity contribution < 1.29 is 0 Å². The van der Waals surface area contributed by atoms with E-state index < -0.39 is 0 Å². The second kappa shape index (κ2) is 6.56. The van der Waals surface area contributed by atoms with Gasteiger partial charge in [0, 0.05) is 16.2 Å². The van der Waals surface area contributed by atoms with Gasteiger partial charge >= 0.3 is 0 Å². The Hall–Kier alpha value is 0.01000. The van der Waals surface area contributed by atoms with Crippen LogP contribution >= 0.6 is 23.1 Å². The molecule has 1 aromatic heterocycles. The van der Waals surface area contributed by atoms with Gasteiger partial charge in [0.2, 0.25) is 0 Å². The molecule has 86 valence electrons. The summed E-state index contributed by atoms with van der Waals surface area (Å²) in [5, 5.41) is 3.31. The van der Waals surface area contributed by atoms with Gasteiger partial charge in [0.15, 0.2) is 0 Å². The normalized spacial score (nSPS) is 17.3. The highest BCUT2D eigenvalue weighted by atomic mass is 32.2. The minimum absolute atomic E-state index is 0.280. The molecule has 2 N–H and O–H groups in total. The fourth-order valence-corrected chi connectivity index (χ4v) is 3.81. The number of nitrogens with two attached hydrogens (primary N) is 1. The smallest absolute Gasteiger partial charge is 0.0544 e. The van der Waals surface area contributed by atoms with Crippen LogP contribution in [0.1, 0.15) is 43.7 Å². The lowest BCUT2D eigenvalue weighted by molar-refractivity contribution is 0.637. The van der Waals surface area contributed by atoms with Crippen molar-refractivity contribution in [2.24, 2.45) is 5.73 Å². The van der Waals surface area contributed by atoms with Gasteiger partial charge in [-0.3, -0.25) is 0 Å². The average Bonchev–Trinajstić information content (AvgIpc) is 2.77. The van der Waals surface area contributed by atoms with Crippen LogP contribution < -0.4 is 5.73 Å². The fourth-order valence-electron chi connectivity index (χ4n) is 1.39. The third-order valence-electron chi connectivity index (χ3n) is 2.64. The van der Waals surface area contributed by atoms with Gasteiger partial charge < -0.3 is 5.73 Å². The number of thiophene rings is 1. The lowest BCUT2D eigenvalue weighted by Crippen LogP contribution is -2.26. The SMILES string of the molecule is CCC(C)SC(c1cccs1)C(N)CC. The fraction of sp³-hybridized carbons (Fsp3) is 0.667. The lowest BCUT2D eigenvalue weighted by Gasteiger charge is -2.24. The zero-order valence-corrected chi connectivity index (χ0v) is 11.4. The van der Waals surface area contributed by atoms with Crippen LogP contribution in [0, 0.1) is 0 Å². The highest BCUT2D eigenvalue weighted by molar-refractivity contribution is 8.00. The molecule has 0 bridgehead atoms. The molecule has 1 nitrogen and oxygen atoms in total. The maximum Gasteiger partial charge on any atom is 0.0544 e. The molecule has 0 aromatic carbocycles. The summed E-state index contributed by atoms with van der Waals surface area (Å²) in [6.07, 6.45) is 2.26. The van der Waals surface area contributed by atoms with Crippen LogP contribution in [0.5, 0.6) is 0 Å². The highest BCUT2D eigenvalue weighted by Gasteiger charge is 2.21. The topological polar surface area (TPSA) is 26.0 Å². The molecule has 1 aromatic rings. The molecular weight excluding hydrogens is 222 g/mol. The minimum atomic E-state index is 0.280. The predicted octanol–water partition coefficient (Wildman–Crippen LogP) is 4.06. The van der Waals surface area contributed by atoms with Gasteiger partial charge in [0.25, 0.3) is 0 Å². The Morgan fingerprint density at radius 3 is 2.60 bits per heavy atom. The Morgan fingerprint density at radius 2 is 2.13 bits per heavy atom. The van der Waals surface area contributed by atoms with Crippen molar-refractivity contribution in [3.05, 3.63) is 22.4 Å². The second-order valence-corrected chi connectivity index (χ2v) is 6.43. The minimum Gasteiger partial charge on any atom is -0.326 e. The monoisotopic (exact) mass is 243 g/mol. The van der Waals surface area contributed by atoms with Crippen LogP contribution in [0.3, 0.4) is 0 Å². The lowest BCUT2D eigenvalue weighted by atomic mass is 10.1. The summed E-state index contributed by atoms with van der Waals surface area (Å²) in [6, 6.07) is 4.61. The van der Waals surface area contributed by atoms with Crippen LogP contribution in [0.25, 0.3) is 0 Å². The summed E-state index contributed by atoms with van der Waals surface area (Å²) in [6.45, 7) is 6.69. The summed E-state index contributed by atoms with van der Waals surface area (Å²) in [4.78, 5) is 1.43. The largest absolute Gasteiger partial charge is 0.326 e. The molecule has 0 aliphatic heterocycles. The first-order chi connectivity index (χ1) is 7.19. The van der Waals surface area contributed by atoms with E-state index in [1.54, 1.807) is 0 Å². The number of rotatable bonds is 6. The maximum atomic E-state index is 6.20. The van der Waals surface area contributed by atoms with Crippen molar-refractivity contribution in [2.45, 2.75) is 50.2 Å². The van der Waals surface area contributed by atoms with Gasteiger partial charge in [-0.2, -0.15) is 0 Å². The zero-order chi connectivity index (χ0) is 11.3. The molecule has 3 atom stereocenters. The second-order valence-electron chi connectivity index (χ2n) is 3.86. The van der Waals surface area contributed by atoms with Crippen molar-refractivity contribution in [3.63, 3.8) is 0 Å². The van der Waals surface area contributed by atoms with Crippen LogP contribution in [-0.2, 0) is 0 Å². The molecule has 3 unspecified atom stereocenters. The first-order valence-corrected chi connectivity index (χ1v) is 7.45. The van der Waals surface area contributed by atoms with E-state index >= 15 is 0 Å². The standard InChI is InChI=1S/C12H21NS2/c1-4-9(3)15-12(10(13)5-2)11-7-6-8-14-11/h6-10,12H,4-5,13H2,1-3H3. The Balaban J connectivity index is 2.70. The van der Waals surface area contributed by atoms with E-state index in [2.05, 4.69) is 38.3 Å². The highest BCUT2D eigenvalue weighted by Crippen LogP contribution is 2.38. The Labute approximate surface area is 101 Å². The molecule has 0 aliphatic rings. The number of hydrogen-bond acceptors (Lipinski definition) is 3. The van der Waals surface area contributed by atoms with Crippen molar-refractivity contribution in [1.29, 1.82) is 0 Å². The molecule has 0 saturated carbocycles. The number of thioether (sulfide) groups is 1. The molecule has 0 spiro atoms. The van der Waals surface area contributed by atoms with Crippen LogP contribution in [0.2, 0.25) is 0 Å². The summed E-state index contributed by atoms with van der Waals surface area (Å²) in [7, 11) is 0. The Morgan fingerprint density at radius 1 is 1.40 bits per heavy atom. The van der Waals surface area contributed by atoms with Gasteiger partial charge in [-0.25, -0.2) is 0 Å². The maximum absolute atomic E-state index is 6.20. The molecular formula is C12H21NS2. The molecule has 0 radical (unpaired) electrons. The summed E-state index contributed by atoms with van der Waals surface area (Å²) >= 11 is 3.85. The van der Waals surface area contributed by atoms with Crippen molar-refractivity contribution >= 4 is 23.1 Å². The van der Waals surface area contributed by atoms with E-state index in [1.165, 1.54) is 11.3 Å². The Bertz CT molecular complexity index is 259. The van der Waals surface area contributed by atoms with Crippen molar-refractivity contribution in [3.8, 4) is 0 Å². The molecule has 1 heterocycles. The van der Waals surface area contributed by atoms with Gasteiger partial charge in [0.05, 0.1) is 5.25 Å². The van der Waals surface area contributed by atoms with Gasteiger partial charge in [-0.1, -0.05) is 26.8 Å². The summed E-state index contributed by atoms with van der Waals surface area (Å²) in [5.74, 6) is 0. The van der Waals surface area contributed by atoms with E-state index in [0.29, 0.717) is 10.5 Å². The first kappa shape index (κ1) is 13.1. The predicted molar refractivity (Wildman–Crippen MR) is 72.7 cm³/mol. The van der Waals surface area contributed by atoms with E-state index in [4.69, 9.17) is 5.73 Å². The van der Waals surface area contributed by atoms with Crippen LogP contribution in [0.15, 0.2) is 17.5 Å². The molecule has 0 amide bonds. The summed E-state index contributed by atoms with van der Waals surface area (Å²) in [5.41, 5.74) is 6.20. The molecule has 3 heteroatoms. The molecule has 0 saturated heterocycles. The molecule has 0 aliphatic carbocycles. The van der Waals surface area contributed by atoms with E-state index in [1.807, 2.05) is 23.1 Å². The summed E-state index contributed by atoms with van der Waals surface area (Å²) < 4.78 is 0.